The number of pyridine rings is 1. The lowest BCUT2D eigenvalue weighted by molar-refractivity contribution is 0.102. The van der Waals surface area contributed by atoms with E-state index in [0.717, 1.165) is 11.3 Å². The second-order valence-electron chi connectivity index (χ2n) is 5.32. The zero-order chi connectivity index (χ0) is 16.9. The zero-order valence-electron chi connectivity index (χ0n) is 13.2. The minimum absolute atomic E-state index is 0.221. The highest BCUT2D eigenvalue weighted by Crippen LogP contribution is 2.15. The Kier molecular flexibility index (Phi) is 4.91. The first-order valence-corrected chi connectivity index (χ1v) is 8.06. The van der Waals surface area contributed by atoms with Crippen LogP contribution in [0.1, 0.15) is 28.5 Å². The number of carbonyl (C=O) groups is 1. The molecule has 0 aliphatic carbocycles. The molecule has 3 rings (SSSR count). The van der Waals surface area contributed by atoms with Crippen molar-refractivity contribution in [3.8, 4) is 0 Å². The molecule has 0 unspecified atom stereocenters. The number of nitrogens with zero attached hydrogens (tertiary/aromatic N) is 3. The number of aromatic nitrogens is 3. The van der Waals surface area contributed by atoms with Gasteiger partial charge in [0, 0.05) is 6.20 Å². The molecule has 1 amide bonds. The second kappa shape index (κ2) is 7.27. The number of hydrogen-bond donors (Lipinski definition) is 1. The predicted octanol–water partition coefficient (Wildman–Crippen LogP) is 3.79. The summed E-state index contributed by atoms with van der Waals surface area (Å²) in [5.41, 5.74) is 2.59. The molecule has 2 heterocycles. The smallest absolute Gasteiger partial charge is 0.260 e. The molecule has 122 valence electrons. The van der Waals surface area contributed by atoms with Gasteiger partial charge in [-0.15, -0.1) is 0 Å². The summed E-state index contributed by atoms with van der Waals surface area (Å²) in [4.78, 5) is 16.6. The van der Waals surface area contributed by atoms with Gasteiger partial charge in [0.05, 0.1) is 29.0 Å². The lowest BCUT2D eigenvalue weighted by Crippen LogP contribution is -2.15. The Bertz CT molecular complexity index is 828. The van der Waals surface area contributed by atoms with E-state index in [1.165, 1.54) is 6.20 Å². The van der Waals surface area contributed by atoms with Crippen LogP contribution >= 0.6 is 11.6 Å². The third-order valence-corrected chi connectivity index (χ3v) is 3.90. The fourth-order valence-corrected chi connectivity index (χ4v) is 2.61. The summed E-state index contributed by atoms with van der Waals surface area (Å²) in [6.45, 7) is 2.65. The Hall–Kier alpha value is -2.66. The number of carbonyl (C=O) groups excluding carboxylic acids is 1. The number of anilines is 1. The summed E-state index contributed by atoms with van der Waals surface area (Å²) in [5, 5.41) is 7.67. The van der Waals surface area contributed by atoms with Crippen LogP contribution in [0.3, 0.4) is 0 Å². The minimum Gasteiger partial charge on any atom is -0.306 e. The molecule has 6 heteroatoms. The average molecular weight is 341 g/mol. The number of nitrogens with one attached hydrogen (secondary N) is 1. The summed E-state index contributed by atoms with van der Waals surface area (Å²) in [7, 11) is 0. The standard InChI is InChI=1S/C18H17ClN4O/c1-2-16-15(18(24)22-17-9-8-14(19)10-20-17)11-21-23(16)12-13-6-4-3-5-7-13/h3-11H,2,12H2,1H3,(H,20,22,24). The van der Waals surface area contributed by atoms with Gasteiger partial charge in [-0.3, -0.25) is 9.48 Å². The van der Waals surface area contributed by atoms with E-state index in [1.807, 2.05) is 41.9 Å². The Morgan fingerprint density at radius 1 is 1.17 bits per heavy atom. The third kappa shape index (κ3) is 3.63. The molecule has 0 spiro atoms. The molecule has 0 aliphatic rings. The Balaban J connectivity index is 1.80. The van der Waals surface area contributed by atoms with Crippen LogP contribution < -0.4 is 5.32 Å². The maximum Gasteiger partial charge on any atom is 0.260 e. The minimum atomic E-state index is -0.221. The molecule has 1 aromatic carbocycles. The van der Waals surface area contributed by atoms with Crippen molar-refractivity contribution in [2.45, 2.75) is 19.9 Å². The molecule has 5 nitrogen and oxygen atoms in total. The molecule has 0 atom stereocenters. The normalized spacial score (nSPS) is 10.6. The van der Waals surface area contributed by atoms with E-state index in [2.05, 4.69) is 15.4 Å². The number of rotatable bonds is 5. The molecule has 0 saturated carbocycles. The van der Waals surface area contributed by atoms with Gasteiger partial charge in [-0.25, -0.2) is 4.98 Å². The summed E-state index contributed by atoms with van der Waals surface area (Å²) < 4.78 is 1.86. The number of hydrogen-bond acceptors (Lipinski definition) is 3. The van der Waals surface area contributed by atoms with E-state index in [9.17, 15) is 4.79 Å². The van der Waals surface area contributed by atoms with Gasteiger partial charge in [-0.1, -0.05) is 48.9 Å². The number of amides is 1. The molecule has 0 saturated heterocycles. The summed E-state index contributed by atoms with van der Waals surface area (Å²) >= 11 is 5.80. The maximum atomic E-state index is 12.5. The lowest BCUT2D eigenvalue weighted by Gasteiger charge is -2.08. The average Bonchev–Trinajstić information content (AvgIpc) is 3.00. The van der Waals surface area contributed by atoms with Gasteiger partial charge in [0.2, 0.25) is 0 Å². The molecular weight excluding hydrogens is 324 g/mol. The summed E-state index contributed by atoms with van der Waals surface area (Å²) in [5.74, 6) is 0.239. The van der Waals surface area contributed by atoms with E-state index in [0.29, 0.717) is 29.4 Å². The van der Waals surface area contributed by atoms with Crippen LogP contribution in [-0.4, -0.2) is 20.7 Å². The highest BCUT2D eigenvalue weighted by atomic mass is 35.5. The summed E-state index contributed by atoms with van der Waals surface area (Å²) in [6, 6.07) is 13.4. The first kappa shape index (κ1) is 16.2. The van der Waals surface area contributed by atoms with Crippen molar-refractivity contribution in [1.82, 2.24) is 14.8 Å². The van der Waals surface area contributed by atoms with E-state index >= 15 is 0 Å². The van der Waals surface area contributed by atoms with Crippen LogP contribution in [0.4, 0.5) is 5.82 Å². The van der Waals surface area contributed by atoms with Crippen molar-refractivity contribution in [2.75, 3.05) is 5.32 Å². The Morgan fingerprint density at radius 3 is 2.62 bits per heavy atom. The van der Waals surface area contributed by atoms with Crippen LogP contribution in [0.5, 0.6) is 0 Å². The monoisotopic (exact) mass is 340 g/mol. The fourth-order valence-electron chi connectivity index (χ4n) is 2.50. The first-order chi connectivity index (χ1) is 11.7. The van der Waals surface area contributed by atoms with E-state index < -0.39 is 0 Å². The van der Waals surface area contributed by atoms with Crippen LogP contribution in [0.25, 0.3) is 0 Å². The van der Waals surface area contributed by atoms with Crippen LogP contribution in [0, 0.1) is 0 Å². The van der Waals surface area contributed by atoms with Crippen molar-refractivity contribution in [1.29, 1.82) is 0 Å². The molecule has 24 heavy (non-hydrogen) atoms. The van der Waals surface area contributed by atoms with Gasteiger partial charge in [0.15, 0.2) is 0 Å². The van der Waals surface area contributed by atoms with Gasteiger partial charge >= 0.3 is 0 Å². The van der Waals surface area contributed by atoms with E-state index in [-0.39, 0.29) is 5.91 Å². The molecule has 3 aromatic rings. The highest BCUT2D eigenvalue weighted by molar-refractivity contribution is 6.30. The van der Waals surface area contributed by atoms with Crippen molar-refractivity contribution >= 4 is 23.3 Å². The van der Waals surface area contributed by atoms with Crippen molar-refractivity contribution < 1.29 is 4.79 Å². The fraction of sp³-hybridized carbons (Fsp3) is 0.167. The van der Waals surface area contributed by atoms with Crippen LogP contribution in [-0.2, 0) is 13.0 Å². The number of benzene rings is 1. The summed E-state index contributed by atoms with van der Waals surface area (Å²) in [6.07, 6.45) is 3.81. The van der Waals surface area contributed by atoms with Gasteiger partial charge in [-0.05, 0) is 24.1 Å². The predicted molar refractivity (Wildman–Crippen MR) is 94.3 cm³/mol. The molecule has 2 aromatic heterocycles. The molecule has 0 bridgehead atoms. The van der Waals surface area contributed by atoms with Crippen molar-refractivity contribution in [3.63, 3.8) is 0 Å². The molecule has 0 radical (unpaired) electrons. The van der Waals surface area contributed by atoms with Gasteiger partial charge in [0.25, 0.3) is 5.91 Å². The Labute approximate surface area is 145 Å². The topological polar surface area (TPSA) is 59.8 Å². The van der Waals surface area contributed by atoms with E-state index in [4.69, 9.17) is 11.6 Å². The first-order valence-electron chi connectivity index (χ1n) is 7.69. The number of halogens is 1. The SMILES string of the molecule is CCc1c(C(=O)Nc2ccc(Cl)cn2)cnn1Cc1ccccc1. The molecule has 1 N–H and O–H groups in total. The second-order valence-corrected chi connectivity index (χ2v) is 5.75. The van der Waals surface area contributed by atoms with Gasteiger partial charge in [0.1, 0.15) is 5.82 Å². The highest BCUT2D eigenvalue weighted by Gasteiger charge is 2.17. The van der Waals surface area contributed by atoms with Crippen LogP contribution in [0.2, 0.25) is 5.02 Å². The van der Waals surface area contributed by atoms with Crippen molar-refractivity contribution in [2.24, 2.45) is 0 Å². The maximum absolute atomic E-state index is 12.5. The van der Waals surface area contributed by atoms with Crippen LogP contribution in [0.15, 0.2) is 54.9 Å². The molecule has 0 aliphatic heterocycles. The van der Waals surface area contributed by atoms with Gasteiger partial charge in [-0.2, -0.15) is 5.10 Å². The molecule has 0 fully saturated rings. The van der Waals surface area contributed by atoms with Gasteiger partial charge < -0.3 is 5.32 Å². The quantitative estimate of drug-likeness (QED) is 0.768. The molecular formula is C18H17ClN4O. The zero-order valence-corrected chi connectivity index (χ0v) is 14.0. The largest absolute Gasteiger partial charge is 0.306 e. The third-order valence-electron chi connectivity index (χ3n) is 3.67. The van der Waals surface area contributed by atoms with Crippen molar-refractivity contribution in [3.05, 3.63) is 76.7 Å². The van der Waals surface area contributed by atoms with E-state index in [1.54, 1.807) is 18.3 Å². The Morgan fingerprint density at radius 2 is 1.96 bits per heavy atom. The lowest BCUT2D eigenvalue weighted by atomic mass is 10.1.